The number of thioether (sulfide) groups is 1. The lowest BCUT2D eigenvalue weighted by molar-refractivity contribution is -0.113. The number of aryl methyl sites for hydroxylation is 2. The van der Waals surface area contributed by atoms with Gasteiger partial charge in [-0.3, -0.25) is 14.6 Å². The average molecular weight is 400 g/mol. The Balaban J connectivity index is 1.37. The van der Waals surface area contributed by atoms with Crippen LogP contribution < -0.4 is 10.9 Å². The monoisotopic (exact) mass is 399 g/mol. The molecular weight excluding hydrogens is 382 g/mol. The van der Waals surface area contributed by atoms with E-state index in [1.54, 1.807) is 23.5 Å². The molecule has 2 N–H and O–H groups in total. The van der Waals surface area contributed by atoms with Gasteiger partial charge in [-0.05, 0) is 25.7 Å². The molecule has 3 aromatic rings. The molecule has 1 amide bonds. The molecular formula is C18H17N5O2S2. The molecule has 4 rings (SSSR count). The number of aromatic amines is 1. The van der Waals surface area contributed by atoms with Crippen LogP contribution in [0.4, 0.5) is 5.13 Å². The number of hydrogen-bond donors (Lipinski definition) is 2. The van der Waals surface area contributed by atoms with Gasteiger partial charge in [0, 0.05) is 10.4 Å². The van der Waals surface area contributed by atoms with Crippen molar-refractivity contribution in [1.29, 1.82) is 0 Å². The fourth-order valence-corrected chi connectivity index (χ4v) is 4.54. The van der Waals surface area contributed by atoms with Crippen LogP contribution in [0.2, 0.25) is 0 Å². The van der Waals surface area contributed by atoms with Crippen molar-refractivity contribution in [3.63, 3.8) is 0 Å². The van der Waals surface area contributed by atoms with Crippen molar-refractivity contribution in [2.45, 2.75) is 30.8 Å². The van der Waals surface area contributed by atoms with E-state index in [2.05, 4.69) is 25.5 Å². The molecule has 0 saturated heterocycles. The number of H-pyrrole nitrogens is 1. The van der Waals surface area contributed by atoms with Crippen LogP contribution in [0.3, 0.4) is 0 Å². The summed E-state index contributed by atoms with van der Waals surface area (Å²) >= 11 is 2.69. The van der Waals surface area contributed by atoms with Crippen LogP contribution in [0.15, 0.2) is 40.3 Å². The van der Waals surface area contributed by atoms with Crippen LogP contribution >= 0.6 is 23.1 Å². The Labute approximate surface area is 163 Å². The standard InChI is InChI=1S/C18H17N5O2S2/c24-14(20-17-19-12-8-4-5-9-13(12)27-17)10-26-18-21-16(25)15(22-23-18)11-6-2-1-3-7-11/h1-3,6-7H,4-5,8-10H2,(H,19,20,24)(H,21,23,25). The first-order valence-corrected chi connectivity index (χ1v) is 10.4. The Kier molecular flexibility index (Phi) is 5.30. The minimum atomic E-state index is -0.327. The van der Waals surface area contributed by atoms with E-state index in [0.29, 0.717) is 15.9 Å². The molecule has 0 fully saturated rings. The topological polar surface area (TPSA) is 101 Å². The smallest absolute Gasteiger partial charge is 0.278 e. The van der Waals surface area contributed by atoms with Crippen molar-refractivity contribution in [3.05, 3.63) is 51.3 Å². The van der Waals surface area contributed by atoms with Crippen molar-refractivity contribution in [1.82, 2.24) is 20.2 Å². The molecule has 1 aliphatic carbocycles. The van der Waals surface area contributed by atoms with Gasteiger partial charge in [-0.25, -0.2) is 4.98 Å². The van der Waals surface area contributed by atoms with Crippen LogP contribution in [-0.2, 0) is 17.6 Å². The number of hydrogen-bond acceptors (Lipinski definition) is 7. The van der Waals surface area contributed by atoms with Crippen LogP contribution in [0.1, 0.15) is 23.4 Å². The van der Waals surface area contributed by atoms with E-state index in [1.165, 1.54) is 11.3 Å². The lowest BCUT2D eigenvalue weighted by Crippen LogP contribution is -2.17. The summed E-state index contributed by atoms with van der Waals surface area (Å²) in [6.45, 7) is 0. The van der Waals surface area contributed by atoms with Crippen LogP contribution in [0.25, 0.3) is 11.3 Å². The Morgan fingerprint density at radius 3 is 2.78 bits per heavy atom. The van der Waals surface area contributed by atoms with Crippen LogP contribution in [0, 0.1) is 0 Å². The molecule has 0 radical (unpaired) electrons. The fraction of sp³-hybridized carbons (Fsp3) is 0.278. The van der Waals surface area contributed by atoms with Gasteiger partial charge in [0.15, 0.2) is 16.0 Å². The summed E-state index contributed by atoms with van der Waals surface area (Å²) in [7, 11) is 0. The van der Waals surface area contributed by atoms with E-state index < -0.39 is 0 Å². The SMILES string of the molecule is O=C(CSc1nnc(-c2ccccc2)c(=O)[nH]1)Nc1nc2c(s1)CCCC2. The van der Waals surface area contributed by atoms with E-state index in [0.717, 1.165) is 36.7 Å². The summed E-state index contributed by atoms with van der Waals surface area (Å²) in [6, 6.07) is 9.13. The number of carbonyl (C=O) groups is 1. The molecule has 27 heavy (non-hydrogen) atoms. The molecule has 0 atom stereocenters. The second-order valence-corrected chi connectivity index (χ2v) is 8.15. The van der Waals surface area contributed by atoms with Gasteiger partial charge in [-0.15, -0.1) is 21.5 Å². The van der Waals surface area contributed by atoms with Gasteiger partial charge in [0.1, 0.15) is 0 Å². The highest BCUT2D eigenvalue weighted by Gasteiger charge is 2.16. The fourth-order valence-electron chi connectivity index (χ4n) is 2.87. The van der Waals surface area contributed by atoms with Crippen molar-refractivity contribution in [3.8, 4) is 11.3 Å². The molecule has 7 nitrogen and oxygen atoms in total. The Morgan fingerprint density at radius 1 is 1.19 bits per heavy atom. The Morgan fingerprint density at radius 2 is 2.00 bits per heavy atom. The first-order valence-electron chi connectivity index (χ1n) is 8.63. The molecule has 0 aliphatic heterocycles. The predicted octanol–water partition coefficient (Wildman–Crippen LogP) is 2.90. The third-order valence-corrected chi connectivity index (χ3v) is 6.09. The number of anilines is 1. The lowest BCUT2D eigenvalue weighted by atomic mass is 10.0. The second kappa shape index (κ2) is 8.01. The van der Waals surface area contributed by atoms with Crippen molar-refractivity contribution >= 4 is 34.1 Å². The average Bonchev–Trinajstić information content (AvgIpc) is 3.09. The molecule has 1 aliphatic rings. The van der Waals surface area contributed by atoms with Gasteiger partial charge in [0.25, 0.3) is 5.56 Å². The zero-order valence-corrected chi connectivity index (χ0v) is 16.0. The highest BCUT2D eigenvalue weighted by atomic mass is 32.2. The summed E-state index contributed by atoms with van der Waals surface area (Å²) in [4.78, 5) is 32.8. The van der Waals surface area contributed by atoms with Gasteiger partial charge in [-0.2, -0.15) is 0 Å². The summed E-state index contributed by atoms with van der Waals surface area (Å²) in [5.41, 5.74) is 1.75. The largest absolute Gasteiger partial charge is 0.301 e. The number of amides is 1. The quantitative estimate of drug-likeness (QED) is 0.640. The zero-order valence-electron chi connectivity index (χ0n) is 14.4. The second-order valence-electron chi connectivity index (χ2n) is 6.11. The number of nitrogens with zero attached hydrogens (tertiary/aromatic N) is 3. The predicted molar refractivity (Wildman–Crippen MR) is 106 cm³/mol. The number of benzene rings is 1. The first kappa shape index (κ1) is 17.9. The molecule has 2 aromatic heterocycles. The van der Waals surface area contributed by atoms with Gasteiger partial charge in [0.05, 0.1) is 11.4 Å². The molecule has 0 unspecified atom stereocenters. The van der Waals surface area contributed by atoms with E-state index in [9.17, 15) is 9.59 Å². The van der Waals surface area contributed by atoms with Crippen molar-refractivity contribution in [2.75, 3.05) is 11.1 Å². The molecule has 0 bridgehead atoms. The molecule has 0 saturated carbocycles. The summed E-state index contributed by atoms with van der Waals surface area (Å²) in [6.07, 6.45) is 4.37. The van der Waals surface area contributed by atoms with Gasteiger partial charge in [0.2, 0.25) is 5.91 Å². The van der Waals surface area contributed by atoms with Crippen molar-refractivity contribution in [2.24, 2.45) is 0 Å². The maximum absolute atomic E-state index is 12.2. The Bertz CT molecular complexity index is 993. The maximum Gasteiger partial charge on any atom is 0.278 e. The number of nitrogens with one attached hydrogen (secondary N) is 2. The van der Waals surface area contributed by atoms with E-state index in [4.69, 9.17) is 0 Å². The minimum absolute atomic E-state index is 0.125. The molecule has 1 aromatic carbocycles. The third kappa shape index (κ3) is 4.25. The highest BCUT2D eigenvalue weighted by Crippen LogP contribution is 2.29. The highest BCUT2D eigenvalue weighted by molar-refractivity contribution is 7.99. The van der Waals surface area contributed by atoms with E-state index in [1.807, 2.05) is 18.2 Å². The normalized spacial score (nSPS) is 13.2. The summed E-state index contributed by atoms with van der Waals surface area (Å²) < 4.78 is 0. The van der Waals surface area contributed by atoms with Gasteiger partial charge >= 0.3 is 0 Å². The number of aromatic nitrogens is 4. The molecule has 9 heteroatoms. The van der Waals surface area contributed by atoms with Crippen molar-refractivity contribution < 1.29 is 4.79 Å². The zero-order chi connectivity index (χ0) is 18.6. The number of rotatable bonds is 5. The summed E-state index contributed by atoms with van der Waals surface area (Å²) in [5.74, 6) is -0.0552. The van der Waals surface area contributed by atoms with E-state index >= 15 is 0 Å². The molecule has 138 valence electrons. The first-order chi connectivity index (χ1) is 13.2. The molecule has 0 spiro atoms. The van der Waals surface area contributed by atoms with E-state index in [-0.39, 0.29) is 22.9 Å². The number of fused-ring (bicyclic) bond motifs is 1. The number of thiazole rings is 1. The van der Waals surface area contributed by atoms with Crippen LogP contribution in [0.5, 0.6) is 0 Å². The Hall–Kier alpha value is -2.52. The lowest BCUT2D eigenvalue weighted by Gasteiger charge is -2.06. The van der Waals surface area contributed by atoms with Crippen LogP contribution in [-0.4, -0.2) is 31.8 Å². The minimum Gasteiger partial charge on any atom is -0.301 e. The number of carbonyl (C=O) groups excluding carboxylic acids is 1. The van der Waals surface area contributed by atoms with Gasteiger partial charge < -0.3 is 5.32 Å². The van der Waals surface area contributed by atoms with Gasteiger partial charge in [-0.1, -0.05) is 42.1 Å². The third-order valence-electron chi connectivity index (χ3n) is 4.16. The maximum atomic E-state index is 12.2. The summed E-state index contributed by atoms with van der Waals surface area (Å²) in [5, 5.41) is 11.8. The molecule has 2 heterocycles.